The van der Waals surface area contributed by atoms with Crippen molar-refractivity contribution >= 4 is 27.4 Å². The average Bonchev–Trinajstić information content (AvgIpc) is 2.62. The quantitative estimate of drug-likeness (QED) is 0.822. The second kappa shape index (κ2) is 6.83. The SMILES string of the molecule is O=C1O[C@@H](C(=O)Nc2ccc(S(=O)(=O)C(F)F)cc2)Cc2ccccc21. The average molecular weight is 381 g/mol. The molecule has 1 atom stereocenters. The summed E-state index contributed by atoms with van der Waals surface area (Å²) in [5.74, 6) is -4.73. The fourth-order valence-electron chi connectivity index (χ4n) is 2.53. The first-order valence-corrected chi connectivity index (χ1v) is 9.05. The molecule has 0 unspecified atom stereocenters. The Bertz CT molecular complexity index is 957. The summed E-state index contributed by atoms with van der Waals surface area (Å²) >= 11 is 0. The maximum atomic E-state index is 12.5. The van der Waals surface area contributed by atoms with Crippen molar-refractivity contribution in [2.24, 2.45) is 0 Å². The fraction of sp³-hybridized carbons (Fsp3) is 0.176. The number of benzene rings is 2. The summed E-state index contributed by atoms with van der Waals surface area (Å²) in [6.45, 7) is 0. The molecule has 0 aliphatic carbocycles. The number of fused-ring (bicyclic) bond motifs is 1. The number of ether oxygens (including phenoxy) is 1. The molecule has 2 aromatic rings. The Labute approximate surface area is 147 Å². The molecule has 136 valence electrons. The first kappa shape index (κ1) is 18.0. The molecule has 0 saturated heterocycles. The molecule has 3 rings (SSSR count). The van der Waals surface area contributed by atoms with Crippen LogP contribution >= 0.6 is 0 Å². The monoisotopic (exact) mass is 381 g/mol. The van der Waals surface area contributed by atoms with Gasteiger partial charge in [0, 0.05) is 12.1 Å². The predicted octanol–water partition coefficient (Wildman–Crippen LogP) is 2.40. The van der Waals surface area contributed by atoms with Crippen molar-refractivity contribution < 1.29 is 31.5 Å². The molecular formula is C17H13F2NO5S. The number of anilines is 1. The van der Waals surface area contributed by atoms with Gasteiger partial charge in [-0.15, -0.1) is 0 Å². The van der Waals surface area contributed by atoms with Crippen LogP contribution in [-0.2, 0) is 25.8 Å². The number of halogens is 2. The highest BCUT2D eigenvalue weighted by atomic mass is 32.2. The molecule has 1 aliphatic heterocycles. The van der Waals surface area contributed by atoms with Gasteiger partial charge in [-0.2, -0.15) is 8.78 Å². The van der Waals surface area contributed by atoms with E-state index in [1.54, 1.807) is 24.3 Å². The minimum absolute atomic E-state index is 0.193. The standard InChI is InChI=1S/C17H13F2NO5S/c18-17(19)26(23,24)12-7-5-11(6-8-12)20-15(21)14-9-10-3-1-2-4-13(10)16(22)25-14/h1-8,14,17H,9H2,(H,20,21)/t14-/m1/s1. The summed E-state index contributed by atoms with van der Waals surface area (Å²) in [4.78, 5) is 23.7. The lowest BCUT2D eigenvalue weighted by Crippen LogP contribution is -2.37. The highest BCUT2D eigenvalue weighted by Gasteiger charge is 2.31. The van der Waals surface area contributed by atoms with Gasteiger partial charge in [-0.05, 0) is 35.9 Å². The Morgan fingerprint density at radius 3 is 2.42 bits per heavy atom. The molecule has 1 N–H and O–H groups in total. The molecule has 26 heavy (non-hydrogen) atoms. The molecule has 0 spiro atoms. The lowest BCUT2D eigenvalue weighted by atomic mass is 9.98. The summed E-state index contributed by atoms with van der Waals surface area (Å²) < 4.78 is 52.9. The number of alkyl halides is 2. The van der Waals surface area contributed by atoms with Gasteiger partial charge in [0.05, 0.1) is 10.5 Å². The van der Waals surface area contributed by atoms with E-state index in [0.717, 1.165) is 12.1 Å². The second-order valence-corrected chi connectivity index (χ2v) is 7.49. The second-order valence-electron chi connectivity index (χ2n) is 5.57. The number of hydrogen-bond donors (Lipinski definition) is 1. The van der Waals surface area contributed by atoms with Crippen LogP contribution < -0.4 is 5.32 Å². The topological polar surface area (TPSA) is 89.5 Å². The first-order valence-electron chi connectivity index (χ1n) is 7.51. The Hall–Kier alpha value is -2.81. The lowest BCUT2D eigenvalue weighted by Gasteiger charge is -2.23. The fourth-order valence-corrected chi connectivity index (χ4v) is 3.25. The van der Waals surface area contributed by atoms with Crippen molar-refractivity contribution in [3.8, 4) is 0 Å². The van der Waals surface area contributed by atoms with Crippen LogP contribution in [0.4, 0.5) is 14.5 Å². The largest absolute Gasteiger partial charge is 0.448 e. The summed E-state index contributed by atoms with van der Waals surface area (Å²) in [6.07, 6.45) is -0.840. The van der Waals surface area contributed by atoms with Crippen LogP contribution in [0.5, 0.6) is 0 Å². The number of carbonyl (C=O) groups is 2. The van der Waals surface area contributed by atoms with Gasteiger partial charge in [-0.3, -0.25) is 4.79 Å². The van der Waals surface area contributed by atoms with E-state index in [1.165, 1.54) is 12.1 Å². The zero-order chi connectivity index (χ0) is 18.9. The Balaban J connectivity index is 1.72. The van der Waals surface area contributed by atoms with Gasteiger partial charge >= 0.3 is 11.7 Å². The predicted molar refractivity (Wildman–Crippen MR) is 87.6 cm³/mol. The molecule has 0 saturated carbocycles. The van der Waals surface area contributed by atoms with Crippen molar-refractivity contribution in [1.29, 1.82) is 0 Å². The van der Waals surface area contributed by atoms with E-state index in [4.69, 9.17) is 4.74 Å². The third-order valence-electron chi connectivity index (χ3n) is 3.87. The van der Waals surface area contributed by atoms with Crippen LogP contribution in [0, 0.1) is 0 Å². The minimum atomic E-state index is -4.70. The van der Waals surface area contributed by atoms with Gasteiger partial charge in [-0.1, -0.05) is 18.2 Å². The summed E-state index contributed by atoms with van der Waals surface area (Å²) in [7, 11) is -4.70. The third kappa shape index (κ3) is 3.43. The molecular weight excluding hydrogens is 368 g/mol. The molecule has 0 bridgehead atoms. The maximum Gasteiger partial charge on any atom is 0.341 e. The number of nitrogens with one attached hydrogen (secondary N) is 1. The van der Waals surface area contributed by atoms with Crippen LogP contribution in [0.1, 0.15) is 15.9 Å². The number of hydrogen-bond acceptors (Lipinski definition) is 5. The van der Waals surface area contributed by atoms with E-state index in [2.05, 4.69) is 5.32 Å². The van der Waals surface area contributed by atoms with E-state index < -0.39 is 38.5 Å². The number of cyclic esters (lactones) is 1. The Kier molecular flexibility index (Phi) is 4.73. The highest BCUT2D eigenvalue weighted by Crippen LogP contribution is 2.23. The number of rotatable bonds is 4. The van der Waals surface area contributed by atoms with Gasteiger partial charge in [0.1, 0.15) is 0 Å². The van der Waals surface area contributed by atoms with Gasteiger partial charge in [0.25, 0.3) is 5.91 Å². The summed E-state index contributed by atoms with van der Waals surface area (Å²) in [5.41, 5.74) is 1.28. The van der Waals surface area contributed by atoms with Crippen LogP contribution in [0.15, 0.2) is 53.4 Å². The van der Waals surface area contributed by atoms with Crippen molar-refractivity contribution in [3.05, 3.63) is 59.7 Å². The van der Waals surface area contributed by atoms with Crippen LogP contribution in [0.2, 0.25) is 0 Å². The van der Waals surface area contributed by atoms with E-state index in [0.29, 0.717) is 11.1 Å². The normalized spacial score (nSPS) is 16.7. The highest BCUT2D eigenvalue weighted by molar-refractivity contribution is 7.91. The summed E-state index contributed by atoms with van der Waals surface area (Å²) in [5, 5.41) is 2.47. The number of esters is 1. The molecule has 1 heterocycles. The van der Waals surface area contributed by atoms with E-state index in [1.807, 2.05) is 0 Å². The molecule has 1 amide bonds. The van der Waals surface area contributed by atoms with Gasteiger partial charge in [0.2, 0.25) is 9.84 Å². The van der Waals surface area contributed by atoms with Crippen molar-refractivity contribution in [3.63, 3.8) is 0 Å². The first-order chi connectivity index (χ1) is 12.3. The molecule has 0 aromatic heterocycles. The van der Waals surface area contributed by atoms with Crippen molar-refractivity contribution in [2.45, 2.75) is 23.2 Å². The lowest BCUT2D eigenvalue weighted by molar-refractivity contribution is -0.125. The maximum absolute atomic E-state index is 12.5. The van der Waals surface area contributed by atoms with Gasteiger partial charge in [-0.25, -0.2) is 13.2 Å². The molecule has 1 aliphatic rings. The van der Waals surface area contributed by atoms with Crippen LogP contribution in [-0.4, -0.2) is 32.2 Å². The van der Waals surface area contributed by atoms with Crippen LogP contribution in [0.25, 0.3) is 0 Å². The minimum Gasteiger partial charge on any atom is -0.448 e. The Morgan fingerprint density at radius 1 is 1.12 bits per heavy atom. The number of carbonyl (C=O) groups excluding carboxylic acids is 2. The third-order valence-corrected chi connectivity index (χ3v) is 5.27. The number of amides is 1. The van der Waals surface area contributed by atoms with E-state index in [-0.39, 0.29) is 12.1 Å². The molecule has 0 radical (unpaired) electrons. The molecule has 2 aromatic carbocycles. The van der Waals surface area contributed by atoms with E-state index in [9.17, 15) is 26.8 Å². The van der Waals surface area contributed by atoms with Gasteiger partial charge in [0.15, 0.2) is 6.10 Å². The van der Waals surface area contributed by atoms with E-state index >= 15 is 0 Å². The summed E-state index contributed by atoms with van der Waals surface area (Å²) in [6, 6.07) is 11.1. The van der Waals surface area contributed by atoms with Gasteiger partial charge < -0.3 is 10.1 Å². The number of sulfone groups is 1. The Morgan fingerprint density at radius 2 is 1.77 bits per heavy atom. The molecule has 0 fully saturated rings. The molecule has 9 heteroatoms. The van der Waals surface area contributed by atoms with Crippen molar-refractivity contribution in [1.82, 2.24) is 0 Å². The zero-order valence-electron chi connectivity index (χ0n) is 13.2. The van der Waals surface area contributed by atoms with Crippen LogP contribution in [0.3, 0.4) is 0 Å². The van der Waals surface area contributed by atoms with Crippen molar-refractivity contribution in [2.75, 3.05) is 5.32 Å². The molecule has 6 nitrogen and oxygen atoms in total. The smallest absolute Gasteiger partial charge is 0.341 e. The zero-order valence-corrected chi connectivity index (χ0v) is 14.0.